The van der Waals surface area contributed by atoms with Gasteiger partial charge in [-0.3, -0.25) is 9.59 Å². The number of pyridine rings is 1. The van der Waals surface area contributed by atoms with Crippen LogP contribution in [0.3, 0.4) is 0 Å². The van der Waals surface area contributed by atoms with E-state index in [1.54, 1.807) is 6.07 Å². The number of halogens is 1. The molecule has 1 saturated carbocycles. The SMILES string of the molecule is O=C(NCC(Br)C1CC1)c1cc[nH]c(=O)c1. The molecular weight excluding hydrogens is 272 g/mol. The molecule has 0 spiro atoms. The molecule has 1 atom stereocenters. The first-order valence-corrected chi connectivity index (χ1v) is 6.19. The zero-order chi connectivity index (χ0) is 11.5. The van der Waals surface area contributed by atoms with Crippen molar-refractivity contribution >= 4 is 21.8 Å². The highest BCUT2D eigenvalue weighted by Gasteiger charge is 2.29. The van der Waals surface area contributed by atoms with Crippen molar-refractivity contribution in [2.24, 2.45) is 5.92 Å². The van der Waals surface area contributed by atoms with E-state index in [0.29, 0.717) is 22.9 Å². The Morgan fingerprint density at radius 3 is 3.00 bits per heavy atom. The minimum Gasteiger partial charge on any atom is -0.351 e. The normalized spacial score (nSPS) is 16.8. The monoisotopic (exact) mass is 284 g/mol. The molecule has 0 bridgehead atoms. The Labute approximate surface area is 102 Å². The molecule has 1 aromatic rings. The summed E-state index contributed by atoms with van der Waals surface area (Å²) in [6, 6.07) is 2.90. The number of hydrogen-bond donors (Lipinski definition) is 2. The number of amides is 1. The van der Waals surface area contributed by atoms with Crippen LogP contribution in [-0.2, 0) is 0 Å². The average Bonchev–Trinajstić information content (AvgIpc) is 3.09. The van der Waals surface area contributed by atoms with E-state index in [0.717, 1.165) is 0 Å². The minimum atomic E-state index is -0.259. The second-order valence-electron chi connectivity index (χ2n) is 4.01. The van der Waals surface area contributed by atoms with Crippen molar-refractivity contribution in [3.8, 4) is 0 Å². The lowest BCUT2D eigenvalue weighted by Crippen LogP contribution is -2.31. The molecule has 0 saturated heterocycles. The summed E-state index contributed by atoms with van der Waals surface area (Å²) in [6.07, 6.45) is 3.94. The van der Waals surface area contributed by atoms with Gasteiger partial charge in [0.2, 0.25) is 5.56 Å². The average molecular weight is 285 g/mol. The van der Waals surface area contributed by atoms with Gasteiger partial charge in [0, 0.05) is 29.2 Å². The molecule has 86 valence electrons. The van der Waals surface area contributed by atoms with Gasteiger partial charge in [-0.2, -0.15) is 0 Å². The summed E-state index contributed by atoms with van der Waals surface area (Å²) in [5.41, 5.74) is 0.143. The van der Waals surface area contributed by atoms with Crippen molar-refractivity contribution < 1.29 is 4.79 Å². The van der Waals surface area contributed by atoms with Crippen LogP contribution in [0.5, 0.6) is 0 Å². The van der Waals surface area contributed by atoms with Crippen LogP contribution in [0.1, 0.15) is 23.2 Å². The molecule has 1 amide bonds. The molecule has 0 aliphatic heterocycles. The fourth-order valence-corrected chi connectivity index (χ4v) is 2.19. The highest BCUT2D eigenvalue weighted by atomic mass is 79.9. The van der Waals surface area contributed by atoms with E-state index in [9.17, 15) is 9.59 Å². The van der Waals surface area contributed by atoms with Crippen LogP contribution in [0, 0.1) is 5.92 Å². The zero-order valence-electron chi connectivity index (χ0n) is 8.70. The maximum Gasteiger partial charge on any atom is 0.251 e. The molecule has 2 N–H and O–H groups in total. The van der Waals surface area contributed by atoms with Crippen LogP contribution in [0.15, 0.2) is 23.1 Å². The Morgan fingerprint density at radius 2 is 2.38 bits per heavy atom. The Balaban J connectivity index is 1.89. The first-order valence-electron chi connectivity index (χ1n) is 5.28. The quantitative estimate of drug-likeness (QED) is 0.819. The van der Waals surface area contributed by atoms with Crippen molar-refractivity contribution in [1.29, 1.82) is 0 Å². The summed E-state index contributed by atoms with van der Waals surface area (Å²) in [7, 11) is 0. The van der Waals surface area contributed by atoms with Crippen molar-refractivity contribution in [3.63, 3.8) is 0 Å². The topological polar surface area (TPSA) is 62.0 Å². The van der Waals surface area contributed by atoms with Gasteiger partial charge < -0.3 is 10.3 Å². The third kappa shape index (κ3) is 2.95. The highest BCUT2D eigenvalue weighted by molar-refractivity contribution is 9.09. The molecule has 1 fully saturated rings. The van der Waals surface area contributed by atoms with E-state index in [4.69, 9.17) is 0 Å². The Morgan fingerprint density at radius 1 is 1.62 bits per heavy atom. The van der Waals surface area contributed by atoms with Gasteiger partial charge in [0.15, 0.2) is 0 Å². The molecule has 1 aliphatic rings. The van der Waals surface area contributed by atoms with Gasteiger partial charge in [-0.1, -0.05) is 15.9 Å². The zero-order valence-corrected chi connectivity index (χ0v) is 10.3. The number of rotatable bonds is 4. The molecule has 4 nitrogen and oxygen atoms in total. The number of aromatic nitrogens is 1. The largest absolute Gasteiger partial charge is 0.351 e. The van der Waals surface area contributed by atoms with Crippen LogP contribution in [0.2, 0.25) is 0 Å². The van der Waals surface area contributed by atoms with E-state index >= 15 is 0 Å². The van der Waals surface area contributed by atoms with E-state index in [2.05, 4.69) is 26.2 Å². The van der Waals surface area contributed by atoms with E-state index in [-0.39, 0.29) is 11.5 Å². The van der Waals surface area contributed by atoms with Crippen molar-refractivity contribution in [1.82, 2.24) is 10.3 Å². The number of carbonyl (C=O) groups excluding carboxylic acids is 1. The third-order valence-corrected chi connectivity index (χ3v) is 3.70. The Bertz CT molecular complexity index is 440. The first-order chi connectivity index (χ1) is 7.66. The van der Waals surface area contributed by atoms with E-state index < -0.39 is 0 Å². The van der Waals surface area contributed by atoms with Gasteiger partial charge in [-0.25, -0.2) is 0 Å². The predicted molar refractivity (Wildman–Crippen MR) is 64.8 cm³/mol. The first kappa shape index (κ1) is 11.4. The molecule has 1 heterocycles. The van der Waals surface area contributed by atoms with Gasteiger partial charge in [-0.05, 0) is 24.8 Å². The third-order valence-electron chi connectivity index (χ3n) is 2.63. The summed E-state index contributed by atoms with van der Waals surface area (Å²) < 4.78 is 0. The number of H-pyrrole nitrogens is 1. The summed E-state index contributed by atoms with van der Waals surface area (Å²) in [4.78, 5) is 25.5. The Hall–Kier alpha value is -1.10. The van der Waals surface area contributed by atoms with Crippen LogP contribution >= 0.6 is 15.9 Å². The van der Waals surface area contributed by atoms with E-state index in [1.165, 1.54) is 25.1 Å². The van der Waals surface area contributed by atoms with E-state index in [1.807, 2.05) is 0 Å². The van der Waals surface area contributed by atoms with Gasteiger partial charge in [0.1, 0.15) is 0 Å². The number of nitrogens with one attached hydrogen (secondary N) is 2. The fourth-order valence-electron chi connectivity index (χ4n) is 1.50. The molecule has 1 unspecified atom stereocenters. The molecule has 16 heavy (non-hydrogen) atoms. The molecule has 5 heteroatoms. The van der Waals surface area contributed by atoms with Crippen molar-refractivity contribution in [2.75, 3.05) is 6.54 Å². The second kappa shape index (κ2) is 4.82. The standard InChI is InChI=1S/C11H13BrN2O2/c12-9(7-1-2-7)6-14-11(16)8-3-4-13-10(15)5-8/h3-5,7,9H,1-2,6H2,(H,13,15)(H,14,16). The van der Waals surface area contributed by atoms with Gasteiger partial charge in [0.25, 0.3) is 5.91 Å². The molecule has 2 rings (SSSR count). The lowest BCUT2D eigenvalue weighted by Gasteiger charge is -2.09. The number of carbonyl (C=O) groups is 1. The van der Waals surface area contributed by atoms with Crippen molar-refractivity contribution in [3.05, 3.63) is 34.2 Å². The summed E-state index contributed by atoms with van der Waals surface area (Å²) in [6.45, 7) is 0.607. The van der Waals surface area contributed by atoms with Gasteiger partial charge >= 0.3 is 0 Å². The smallest absolute Gasteiger partial charge is 0.251 e. The van der Waals surface area contributed by atoms with Gasteiger partial charge in [-0.15, -0.1) is 0 Å². The predicted octanol–water partition coefficient (Wildman–Crippen LogP) is 1.28. The number of alkyl halides is 1. The Kier molecular flexibility index (Phi) is 3.43. The maximum atomic E-state index is 11.7. The van der Waals surface area contributed by atoms with Crippen LogP contribution in [0.4, 0.5) is 0 Å². The minimum absolute atomic E-state index is 0.198. The fraction of sp³-hybridized carbons (Fsp3) is 0.455. The summed E-state index contributed by atoms with van der Waals surface area (Å²) in [5, 5.41) is 2.81. The summed E-state index contributed by atoms with van der Waals surface area (Å²) >= 11 is 3.54. The van der Waals surface area contributed by atoms with Crippen LogP contribution in [0.25, 0.3) is 0 Å². The lowest BCUT2D eigenvalue weighted by atomic mass is 10.2. The maximum absolute atomic E-state index is 11.7. The number of aromatic amines is 1. The molecule has 1 aromatic heterocycles. The van der Waals surface area contributed by atoms with Crippen molar-refractivity contribution in [2.45, 2.75) is 17.7 Å². The molecular formula is C11H13BrN2O2. The summed E-state index contributed by atoms with van der Waals surface area (Å²) in [5.74, 6) is 0.496. The second-order valence-corrected chi connectivity index (χ2v) is 5.18. The molecule has 0 radical (unpaired) electrons. The number of hydrogen-bond acceptors (Lipinski definition) is 2. The van der Waals surface area contributed by atoms with Gasteiger partial charge in [0.05, 0.1) is 0 Å². The molecule has 1 aliphatic carbocycles. The lowest BCUT2D eigenvalue weighted by molar-refractivity contribution is 0.0953. The van der Waals surface area contributed by atoms with Crippen LogP contribution in [-0.4, -0.2) is 22.3 Å². The molecule has 0 aromatic carbocycles. The van der Waals surface area contributed by atoms with Crippen LogP contribution < -0.4 is 10.9 Å². The highest BCUT2D eigenvalue weighted by Crippen LogP contribution is 2.36.